The first-order valence-corrected chi connectivity index (χ1v) is 7.98. The maximum Gasteiger partial charge on any atom is 0.0566 e. The molecule has 1 rings (SSSR count). The summed E-state index contributed by atoms with van der Waals surface area (Å²) in [7, 11) is 2.19. The van der Waals surface area contributed by atoms with E-state index in [-0.39, 0.29) is 11.0 Å². The zero-order valence-corrected chi connectivity index (χ0v) is 14.4. The third-order valence-electron chi connectivity index (χ3n) is 4.21. The highest BCUT2D eigenvalue weighted by Crippen LogP contribution is 2.36. The summed E-state index contributed by atoms with van der Waals surface area (Å²) in [6, 6.07) is 4.83. The highest BCUT2D eigenvalue weighted by atomic mass is 32.1. The van der Waals surface area contributed by atoms with E-state index in [9.17, 15) is 0 Å². The van der Waals surface area contributed by atoms with Gasteiger partial charge in [0.2, 0.25) is 0 Å². The molecule has 3 heteroatoms. The molecule has 0 saturated heterocycles. The zero-order chi connectivity index (χ0) is 14.8. The molecule has 0 saturated carbocycles. The molecule has 1 aromatic rings. The maximum atomic E-state index is 6.04. The Bertz CT molecular complexity index is 401. The van der Waals surface area contributed by atoms with Gasteiger partial charge in [-0.25, -0.2) is 0 Å². The number of rotatable bonds is 5. The van der Waals surface area contributed by atoms with Crippen LogP contribution < -0.4 is 5.73 Å². The quantitative estimate of drug-likeness (QED) is 0.878. The summed E-state index contributed by atoms with van der Waals surface area (Å²) in [5.74, 6) is 0. The first kappa shape index (κ1) is 16.7. The van der Waals surface area contributed by atoms with Crippen molar-refractivity contribution < 1.29 is 0 Å². The Kier molecular flexibility index (Phi) is 5.21. The monoisotopic (exact) mass is 282 g/mol. The molecule has 0 fully saturated rings. The van der Waals surface area contributed by atoms with Crippen LogP contribution in [0.2, 0.25) is 0 Å². The topological polar surface area (TPSA) is 29.3 Å². The molecule has 1 aromatic heterocycles. The van der Waals surface area contributed by atoms with Gasteiger partial charge in [-0.15, -0.1) is 11.3 Å². The molecule has 19 heavy (non-hydrogen) atoms. The molecule has 0 aliphatic carbocycles. The second-order valence-corrected chi connectivity index (χ2v) is 8.10. The van der Waals surface area contributed by atoms with E-state index in [0.29, 0.717) is 12.6 Å². The van der Waals surface area contributed by atoms with E-state index in [1.54, 1.807) is 0 Å². The van der Waals surface area contributed by atoms with Crippen LogP contribution in [-0.4, -0.2) is 24.0 Å². The second-order valence-electron chi connectivity index (χ2n) is 6.98. The fraction of sp³-hybridized carbons (Fsp3) is 0.750. The molecule has 1 unspecified atom stereocenters. The van der Waals surface area contributed by atoms with Crippen LogP contribution in [0.1, 0.15) is 63.8 Å². The predicted molar refractivity (Wildman–Crippen MR) is 86.9 cm³/mol. The summed E-state index contributed by atoms with van der Waals surface area (Å²) < 4.78 is 0. The van der Waals surface area contributed by atoms with Gasteiger partial charge in [0.15, 0.2) is 0 Å². The molecule has 2 nitrogen and oxygen atoms in total. The second kappa shape index (κ2) is 5.94. The minimum Gasteiger partial charge on any atom is -0.329 e. The van der Waals surface area contributed by atoms with Gasteiger partial charge in [0.05, 0.1) is 6.04 Å². The molecule has 0 spiro atoms. The summed E-state index contributed by atoms with van der Waals surface area (Å²) in [6.45, 7) is 14.3. The summed E-state index contributed by atoms with van der Waals surface area (Å²) >= 11 is 1.91. The van der Waals surface area contributed by atoms with Crippen LogP contribution in [0.15, 0.2) is 12.1 Å². The lowest BCUT2D eigenvalue weighted by Gasteiger charge is -2.40. The molecule has 0 aromatic carbocycles. The van der Waals surface area contributed by atoms with Crippen LogP contribution in [0.5, 0.6) is 0 Å². The zero-order valence-electron chi connectivity index (χ0n) is 13.6. The van der Waals surface area contributed by atoms with E-state index >= 15 is 0 Å². The lowest BCUT2D eigenvalue weighted by molar-refractivity contribution is 0.102. The highest BCUT2D eigenvalue weighted by Gasteiger charge is 2.29. The smallest absolute Gasteiger partial charge is 0.0566 e. The largest absolute Gasteiger partial charge is 0.329 e. The van der Waals surface area contributed by atoms with Crippen molar-refractivity contribution in [1.82, 2.24) is 4.90 Å². The molecule has 0 aliphatic heterocycles. The van der Waals surface area contributed by atoms with Crippen LogP contribution in [0, 0.1) is 0 Å². The number of likely N-dealkylation sites (N-methyl/N-ethyl adjacent to an activating group) is 1. The lowest BCUT2D eigenvalue weighted by Crippen LogP contribution is -2.45. The van der Waals surface area contributed by atoms with Gasteiger partial charge in [-0.3, -0.25) is 4.90 Å². The standard InChI is InChI=1S/C16H30N2S/c1-8-16(5,6)18(7)12(11-17)13-9-10-14(19-13)15(2,3)4/h9-10,12H,8,11,17H2,1-7H3. The summed E-state index contributed by atoms with van der Waals surface area (Å²) in [5, 5.41) is 0. The van der Waals surface area contributed by atoms with Crippen molar-refractivity contribution in [2.75, 3.05) is 13.6 Å². The van der Waals surface area contributed by atoms with E-state index in [1.165, 1.54) is 9.75 Å². The molecule has 110 valence electrons. The summed E-state index contributed by atoms with van der Waals surface area (Å²) in [4.78, 5) is 5.24. The van der Waals surface area contributed by atoms with Crippen LogP contribution in [0.3, 0.4) is 0 Å². The maximum absolute atomic E-state index is 6.04. The van der Waals surface area contributed by atoms with Gasteiger partial charge in [-0.2, -0.15) is 0 Å². The summed E-state index contributed by atoms with van der Waals surface area (Å²) in [6.07, 6.45) is 1.12. The highest BCUT2D eigenvalue weighted by molar-refractivity contribution is 7.12. The SMILES string of the molecule is CCC(C)(C)N(C)C(CN)c1ccc(C(C)(C)C)s1. The van der Waals surface area contributed by atoms with E-state index in [0.717, 1.165) is 6.42 Å². The van der Waals surface area contributed by atoms with Crippen molar-refractivity contribution in [2.24, 2.45) is 5.73 Å². The lowest BCUT2D eigenvalue weighted by atomic mass is 9.94. The average Bonchev–Trinajstić information content (AvgIpc) is 2.79. The normalized spacial score (nSPS) is 15.0. The van der Waals surface area contributed by atoms with Crippen molar-refractivity contribution in [3.05, 3.63) is 21.9 Å². The Morgan fingerprint density at radius 2 is 1.79 bits per heavy atom. The van der Waals surface area contributed by atoms with Crippen molar-refractivity contribution in [3.63, 3.8) is 0 Å². The number of thiophene rings is 1. The van der Waals surface area contributed by atoms with Gasteiger partial charge in [0.25, 0.3) is 0 Å². The minimum absolute atomic E-state index is 0.177. The van der Waals surface area contributed by atoms with E-state index in [1.807, 2.05) is 11.3 Å². The number of nitrogens with two attached hydrogens (primary N) is 1. The molecule has 0 aliphatic rings. The molecule has 1 heterocycles. The Morgan fingerprint density at radius 3 is 2.16 bits per heavy atom. The first-order chi connectivity index (χ1) is 8.63. The van der Waals surface area contributed by atoms with Crippen LogP contribution in [0.25, 0.3) is 0 Å². The van der Waals surface area contributed by atoms with Crippen LogP contribution in [0.4, 0.5) is 0 Å². The summed E-state index contributed by atoms with van der Waals surface area (Å²) in [5.41, 5.74) is 6.44. The van der Waals surface area contributed by atoms with Gasteiger partial charge in [-0.05, 0) is 44.9 Å². The fourth-order valence-electron chi connectivity index (χ4n) is 2.07. The van der Waals surface area contributed by atoms with Crippen LogP contribution >= 0.6 is 11.3 Å². The molecule has 0 radical (unpaired) electrons. The van der Waals surface area contributed by atoms with Gasteiger partial charge < -0.3 is 5.73 Å². The van der Waals surface area contributed by atoms with E-state index in [4.69, 9.17) is 5.73 Å². The first-order valence-electron chi connectivity index (χ1n) is 7.16. The number of hydrogen-bond acceptors (Lipinski definition) is 3. The molecule has 0 bridgehead atoms. The van der Waals surface area contributed by atoms with E-state index < -0.39 is 0 Å². The van der Waals surface area contributed by atoms with Crippen LogP contribution in [-0.2, 0) is 5.41 Å². The Labute approximate surface area is 123 Å². The van der Waals surface area contributed by atoms with Crippen molar-refractivity contribution in [2.45, 2.75) is 65.0 Å². The Morgan fingerprint density at radius 1 is 1.21 bits per heavy atom. The van der Waals surface area contributed by atoms with Crippen molar-refractivity contribution >= 4 is 11.3 Å². The third kappa shape index (κ3) is 3.80. The Hall–Kier alpha value is -0.380. The molecule has 2 N–H and O–H groups in total. The number of nitrogens with zero attached hydrogens (tertiary/aromatic N) is 1. The van der Waals surface area contributed by atoms with E-state index in [2.05, 4.69) is 65.6 Å². The fourth-order valence-corrected chi connectivity index (χ4v) is 3.29. The molecule has 1 atom stereocenters. The average molecular weight is 282 g/mol. The molecular weight excluding hydrogens is 252 g/mol. The van der Waals surface area contributed by atoms with Gasteiger partial charge in [-0.1, -0.05) is 27.7 Å². The molecule has 0 amide bonds. The van der Waals surface area contributed by atoms with Crippen molar-refractivity contribution in [3.8, 4) is 0 Å². The Balaban J connectivity index is 3.01. The third-order valence-corrected chi connectivity index (χ3v) is 5.82. The minimum atomic E-state index is 0.177. The van der Waals surface area contributed by atoms with Crippen molar-refractivity contribution in [1.29, 1.82) is 0 Å². The van der Waals surface area contributed by atoms with Gasteiger partial charge in [0, 0.05) is 21.8 Å². The predicted octanol–water partition coefficient (Wildman–Crippen LogP) is 4.17. The van der Waals surface area contributed by atoms with Gasteiger partial charge >= 0.3 is 0 Å². The molecular formula is C16H30N2S. The van der Waals surface area contributed by atoms with Gasteiger partial charge in [0.1, 0.15) is 0 Å². The number of hydrogen-bond donors (Lipinski definition) is 1.